The molecule has 0 spiro atoms. The zero-order valence-corrected chi connectivity index (χ0v) is 13.7. The van der Waals surface area contributed by atoms with Crippen molar-refractivity contribution in [3.8, 4) is 0 Å². The smallest absolute Gasteiger partial charge is 0.326 e. The van der Waals surface area contributed by atoms with Gasteiger partial charge in [0.2, 0.25) is 11.8 Å². The highest BCUT2D eigenvalue weighted by Gasteiger charge is 2.33. The second-order valence-electron chi connectivity index (χ2n) is 6.56. The summed E-state index contributed by atoms with van der Waals surface area (Å²) in [7, 11) is 0. The first-order chi connectivity index (χ1) is 12.0. The number of nitrogens with one attached hydrogen (secondary N) is 1. The second-order valence-corrected chi connectivity index (χ2v) is 6.56. The van der Waals surface area contributed by atoms with E-state index in [0.29, 0.717) is 24.9 Å². The van der Waals surface area contributed by atoms with Crippen LogP contribution in [0.4, 0.5) is 0 Å². The number of rotatable bonds is 4. The number of carbonyl (C=O) groups is 4. The lowest BCUT2D eigenvalue weighted by Crippen LogP contribution is -2.47. The number of amides is 3. The van der Waals surface area contributed by atoms with Gasteiger partial charge in [-0.05, 0) is 43.4 Å². The van der Waals surface area contributed by atoms with E-state index in [2.05, 4.69) is 5.32 Å². The molecule has 1 aromatic rings. The van der Waals surface area contributed by atoms with Crippen molar-refractivity contribution in [2.24, 2.45) is 5.92 Å². The van der Waals surface area contributed by atoms with Crippen LogP contribution in [0.3, 0.4) is 0 Å². The predicted molar refractivity (Wildman–Crippen MR) is 87.7 cm³/mol. The molecule has 132 valence electrons. The fourth-order valence-electron chi connectivity index (χ4n) is 3.44. The topological polar surface area (TPSA) is 104 Å². The summed E-state index contributed by atoms with van der Waals surface area (Å²) < 4.78 is 0. The molecule has 1 aromatic carbocycles. The highest BCUT2D eigenvalue weighted by Crippen LogP contribution is 2.21. The molecule has 2 N–H and O–H groups in total. The van der Waals surface area contributed by atoms with E-state index in [0.717, 1.165) is 18.4 Å². The van der Waals surface area contributed by atoms with E-state index in [1.54, 1.807) is 24.3 Å². The van der Waals surface area contributed by atoms with Crippen LogP contribution in [0.1, 0.15) is 41.6 Å². The van der Waals surface area contributed by atoms with Crippen molar-refractivity contribution in [2.75, 3.05) is 6.54 Å². The minimum Gasteiger partial charge on any atom is -0.480 e. The molecule has 3 amide bonds. The third kappa shape index (κ3) is 3.70. The number of imide groups is 1. The highest BCUT2D eigenvalue weighted by atomic mass is 16.4. The Labute approximate surface area is 145 Å². The van der Waals surface area contributed by atoms with Crippen LogP contribution in [-0.2, 0) is 20.8 Å². The van der Waals surface area contributed by atoms with Crippen molar-refractivity contribution in [1.29, 1.82) is 0 Å². The van der Waals surface area contributed by atoms with Crippen LogP contribution < -0.4 is 5.32 Å². The maximum Gasteiger partial charge on any atom is 0.326 e. The summed E-state index contributed by atoms with van der Waals surface area (Å²) in [5.41, 5.74) is 1.30. The Hall–Kier alpha value is -2.70. The van der Waals surface area contributed by atoms with E-state index < -0.39 is 12.0 Å². The van der Waals surface area contributed by atoms with Gasteiger partial charge < -0.3 is 10.0 Å². The van der Waals surface area contributed by atoms with Crippen molar-refractivity contribution in [3.63, 3.8) is 0 Å². The van der Waals surface area contributed by atoms with Gasteiger partial charge in [0, 0.05) is 18.5 Å². The third-order valence-corrected chi connectivity index (χ3v) is 4.80. The minimum absolute atomic E-state index is 0.188. The Morgan fingerprint density at radius 1 is 1.16 bits per heavy atom. The van der Waals surface area contributed by atoms with Gasteiger partial charge in [-0.1, -0.05) is 12.1 Å². The zero-order valence-electron chi connectivity index (χ0n) is 13.7. The molecule has 2 aliphatic heterocycles. The molecule has 2 aliphatic rings. The van der Waals surface area contributed by atoms with Crippen molar-refractivity contribution in [1.82, 2.24) is 10.2 Å². The summed E-state index contributed by atoms with van der Waals surface area (Å²) >= 11 is 0. The Kier molecular flexibility index (Phi) is 4.83. The van der Waals surface area contributed by atoms with Crippen LogP contribution in [0.15, 0.2) is 24.3 Å². The quantitative estimate of drug-likeness (QED) is 0.792. The van der Waals surface area contributed by atoms with Gasteiger partial charge in [-0.2, -0.15) is 0 Å². The molecular formula is C18H20N2O5. The normalized spacial score (nSPS) is 23.4. The number of aliphatic carboxylic acids is 1. The molecule has 2 unspecified atom stereocenters. The van der Waals surface area contributed by atoms with Crippen molar-refractivity contribution >= 4 is 23.7 Å². The van der Waals surface area contributed by atoms with E-state index in [9.17, 15) is 24.3 Å². The molecular weight excluding hydrogens is 324 g/mol. The van der Waals surface area contributed by atoms with Crippen molar-refractivity contribution in [2.45, 2.75) is 38.1 Å². The molecule has 0 bridgehead atoms. The average molecular weight is 344 g/mol. The Morgan fingerprint density at radius 3 is 2.48 bits per heavy atom. The van der Waals surface area contributed by atoms with Gasteiger partial charge in [-0.3, -0.25) is 19.7 Å². The van der Waals surface area contributed by atoms with Crippen molar-refractivity contribution in [3.05, 3.63) is 35.4 Å². The van der Waals surface area contributed by atoms with Gasteiger partial charge in [0.05, 0.1) is 5.92 Å². The van der Waals surface area contributed by atoms with Crippen LogP contribution >= 0.6 is 0 Å². The number of carboxylic acids is 1. The fraction of sp³-hybridized carbons (Fsp3) is 0.444. The Morgan fingerprint density at radius 2 is 1.88 bits per heavy atom. The standard InChI is InChI=1S/C18H20N2O5/c21-15-10-13(16(22)19-15)9-11-4-6-12(7-5-11)17(23)20-8-2-1-3-14(20)18(24)25/h4-7,13-14H,1-3,8-10H2,(H,24,25)(H,19,21,22). The average Bonchev–Trinajstić information content (AvgIpc) is 2.92. The first-order valence-corrected chi connectivity index (χ1v) is 8.42. The lowest BCUT2D eigenvalue weighted by molar-refractivity contribution is -0.143. The summed E-state index contributed by atoms with van der Waals surface area (Å²) in [6.07, 6.45) is 2.71. The molecule has 0 aliphatic carbocycles. The zero-order chi connectivity index (χ0) is 18.0. The molecule has 7 nitrogen and oxygen atoms in total. The molecule has 0 aromatic heterocycles. The molecule has 7 heteroatoms. The van der Waals surface area contributed by atoms with E-state index >= 15 is 0 Å². The lowest BCUT2D eigenvalue weighted by atomic mass is 9.96. The molecule has 2 atom stereocenters. The van der Waals surface area contributed by atoms with E-state index in [4.69, 9.17) is 0 Å². The van der Waals surface area contributed by atoms with Gasteiger partial charge in [-0.15, -0.1) is 0 Å². The Bertz CT molecular complexity index is 713. The molecule has 0 saturated carbocycles. The van der Waals surface area contributed by atoms with Gasteiger partial charge in [-0.25, -0.2) is 4.79 Å². The summed E-state index contributed by atoms with van der Waals surface area (Å²) in [5.74, 6) is -2.14. The summed E-state index contributed by atoms with van der Waals surface area (Å²) in [5, 5.41) is 11.6. The molecule has 25 heavy (non-hydrogen) atoms. The lowest BCUT2D eigenvalue weighted by Gasteiger charge is -2.33. The van der Waals surface area contributed by atoms with Gasteiger partial charge in [0.25, 0.3) is 5.91 Å². The SMILES string of the molecule is O=C1CC(Cc2ccc(C(=O)N3CCCCC3C(=O)O)cc2)C(=O)N1. The highest BCUT2D eigenvalue weighted by molar-refractivity contribution is 6.03. The number of piperidine rings is 1. The van der Waals surface area contributed by atoms with Crippen LogP contribution in [0, 0.1) is 5.92 Å². The maximum absolute atomic E-state index is 12.6. The molecule has 2 heterocycles. The fourth-order valence-corrected chi connectivity index (χ4v) is 3.44. The van der Waals surface area contributed by atoms with Crippen LogP contribution in [0.5, 0.6) is 0 Å². The monoisotopic (exact) mass is 344 g/mol. The third-order valence-electron chi connectivity index (χ3n) is 4.80. The number of benzene rings is 1. The largest absolute Gasteiger partial charge is 0.480 e. The molecule has 2 fully saturated rings. The molecule has 0 radical (unpaired) electrons. The minimum atomic E-state index is -0.971. The van der Waals surface area contributed by atoms with Crippen LogP contribution in [-0.4, -0.2) is 46.3 Å². The number of hydrogen-bond acceptors (Lipinski definition) is 4. The molecule has 3 rings (SSSR count). The van der Waals surface area contributed by atoms with Gasteiger partial charge in [0.1, 0.15) is 6.04 Å². The first kappa shape index (κ1) is 17.1. The van der Waals surface area contributed by atoms with Gasteiger partial charge >= 0.3 is 5.97 Å². The van der Waals surface area contributed by atoms with E-state index in [1.165, 1.54) is 4.90 Å². The van der Waals surface area contributed by atoms with E-state index in [-0.39, 0.29) is 30.1 Å². The number of nitrogens with zero attached hydrogens (tertiary/aromatic N) is 1. The predicted octanol–water partition coefficient (Wildman–Crippen LogP) is 0.971. The first-order valence-electron chi connectivity index (χ1n) is 8.42. The summed E-state index contributed by atoms with van der Waals surface area (Å²) in [4.78, 5) is 48.2. The number of likely N-dealkylation sites (tertiary alicyclic amines) is 1. The summed E-state index contributed by atoms with van der Waals surface area (Å²) in [6, 6.07) is 6.04. The van der Waals surface area contributed by atoms with Crippen molar-refractivity contribution < 1.29 is 24.3 Å². The maximum atomic E-state index is 12.6. The number of carbonyl (C=O) groups excluding carboxylic acids is 3. The number of hydrogen-bond donors (Lipinski definition) is 2. The molecule has 2 saturated heterocycles. The van der Waals surface area contributed by atoms with Crippen LogP contribution in [0.25, 0.3) is 0 Å². The summed E-state index contributed by atoms with van der Waals surface area (Å²) in [6.45, 7) is 0.446. The second kappa shape index (κ2) is 7.04. The van der Waals surface area contributed by atoms with Crippen LogP contribution in [0.2, 0.25) is 0 Å². The Balaban J connectivity index is 1.69. The van der Waals surface area contributed by atoms with Gasteiger partial charge in [0.15, 0.2) is 0 Å². The van der Waals surface area contributed by atoms with E-state index in [1.807, 2.05) is 0 Å². The number of carboxylic acid groups (broad SMARTS) is 1.